The molecule has 5 heteroatoms. The lowest BCUT2D eigenvalue weighted by atomic mass is 10.1. The van der Waals surface area contributed by atoms with Crippen molar-refractivity contribution in [3.8, 4) is 17.0 Å². The van der Waals surface area contributed by atoms with Crippen LogP contribution in [0.1, 0.15) is 10.4 Å². The van der Waals surface area contributed by atoms with Crippen LogP contribution < -0.4 is 10.1 Å². The summed E-state index contributed by atoms with van der Waals surface area (Å²) < 4.78 is 5.11. The maximum Gasteiger partial charge on any atom is 0.255 e. The lowest BCUT2D eigenvalue weighted by Crippen LogP contribution is -2.11. The molecule has 4 aromatic rings. The van der Waals surface area contributed by atoms with E-state index in [2.05, 4.69) is 16.4 Å². The fourth-order valence-electron chi connectivity index (χ4n) is 2.94. The molecule has 134 valence electrons. The van der Waals surface area contributed by atoms with Gasteiger partial charge in [0.25, 0.3) is 5.91 Å². The summed E-state index contributed by atoms with van der Waals surface area (Å²) in [5.41, 5.74) is 4.38. The van der Waals surface area contributed by atoms with E-state index in [4.69, 9.17) is 16.3 Å². The summed E-state index contributed by atoms with van der Waals surface area (Å²) in [7, 11) is 1.60. The minimum Gasteiger partial charge on any atom is -0.497 e. The highest BCUT2D eigenvalue weighted by molar-refractivity contribution is 6.31. The molecule has 0 aliphatic carbocycles. The number of ether oxygens (including phenoxy) is 1. The summed E-state index contributed by atoms with van der Waals surface area (Å²) in [5.74, 6) is 0.557. The zero-order chi connectivity index (χ0) is 18.8. The number of nitrogens with one attached hydrogen (secondary N) is 2. The van der Waals surface area contributed by atoms with Crippen molar-refractivity contribution in [1.29, 1.82) is 0 Å². The Morgan fingerprint density at radius 1 is 0.963 bits per heavy atom. The average Bonchev–Trinajstić information content (AvgIpc) is 3.11. The number of benzene rings is 3. The van der Waals surface area contributed by atoms with E-state index in [-0.39, 0.29) is 5.91 Å². The molecule has 0 atom stereocenters. The van der Waals surface area contributed by atoms with Gasteiger partial charge in [-0.2, -0.15) is 0 Å². The third-order valence-corrected chi connectivity index (χ3v) is 4.62. The van der Waals surface area contributed by atoms with Gasteiger partial charge in [0.1, 0.15) is 5.75 Å². The van der Waals surface area contributed by atoms with E-state index in [1.165, 1.54) is 0 Å². The van der Waals surface area contributed by atoms with E-state index in [1.807, 2.05) is 42.5 Å². The van der Waals surface area contributed by atoms with Crippen LogP contribution in [0.5, 0.6) is 5.75 Å². The number of hydrogen-bond donors (Lipinski definition) is 2. The van der Waals surface area contributed by atoms with Crippen LogP contribution in [0.4, 0.5) is 5.69 Å². The monoisotopic (exact) mass is 376 g/mol. The molecule has 0 saturated carbocycles. The molecule has 0 fully saturated rings. The molecule has 0 radical (unpaired) electrons. The Bertz CT molecular complexity index is 1100. The topological polar surface area (TPSA) is 54.1 Å². The molecule has 3 aromatic carbocycles. The van der Waals surface area contributed by atoms with E-state index in [0.717, 1.165) is 33.6 Å². The number of halogens is 1. The molecule has 4 rings (SSSR count). The van der Waals surface area contributed by atoms with E-state index in [1.54, 1.807) is 31.4 Å². The first-order valence-electron chi connectivity index (χ1n) is 8.46. The summed E-state index contributed by atoms with van der Waals surface area (Å²) in [4.78, 5) is 15.7. The highest BCUT2D eigenvalue weighted by Crippen LogP contribution is 2.27. The Balaban J connectivity index is 1.51. The first kappa shape index (κ1) is 17.2. The van der Waals surface area contributed by atoms with E-state index < -0.39 is 0 Å². The number of aromatic nitrogens is 1. The van der Waals surface area contributed by atoms with Gasteiger partial charge in [-0.3, -0.25) is 4.79 Å². The Morgan fingerprint density at radius 3 is 2.41 bits per heavy atom. The second-order valence-corrected chi connectivity index (χ2v) is 6.61. The van der Waals surface area contributed by atoms with Gasteiger partial charge in [-0.25, -0.2) is 0 Å². The zero-order valence-corrected chi connectivity index (χ0v) is 15.4. The summed E-state index contributed by atoms with van der Waals surface area (Å²) in [5, 5.41) is 4.68. The third kappa shape index (κ3) is 3.66. The van der Waals surface area contributed by atoms with Gasteiger partial charge in [0.2, 0.25) is 0 Å². The Hall–Kier alpha value is -3.24. The van der Waals surface area contributed by atoms with Crippen LogP contribution >= 0.6 is 11.6 Å². The quantitative estimate of drug-likeness (QED) is 0.476. The van der Waals surface area contributed by atoms with Gasteiger partial charge >= 0.3 is 0 Å². The Morgan fingerprint density at radius 2 is 1.70 bits per heavy atom. The van der Waals surface area contributed by atoms with Gasteiger partial charge < -0.3 is 15.0 Å². The smallest absolute Gasteiger partial charge is 0.255 e. The van der Waals surface area contributed by atoms with Gasteiger partial charge in [0.15, 0.2) is 0 Å². The van der Waals surface area contributed by atoms with E-state index in [9.17, 15) is 4.79 Å². The fraction of sp³-hybridized carbons (Fsp3) is 0.0455. The number of hydrogen-bond acceptors (Lipinski definition) is 2. The van der Waals surface area contributed by atoms with E-state index >= 15 is 0 Å². The SMILES string of the molecule is COc1ccc(C(=O)Nc2ccc(-c3cc4cc(Cl)ccc4[nH]3)cc2)cc1. The molecule has 0 aliphatic rings. The van der Waals surface area contributed by atoms with Crippen molar-refractivity contribution >= 4 is 34.1 Å². The molecular weight excluding hydrogens is 360 g/mol. The standard InChI is InChI=1S/C22H17ClN2O2/c1-27-19-9-4-15(5-10-19)22(26)24-18-7-2-14(3-8-18)21-13-16-12-17(23)6-11-20(16)25-21/h2-13,25H,1H3,(H,24,26). The lowest BCUT2D eigenvalue weighted by Gasteiger charge is -2.07. The van der Waals surface area contributed by atoms with Crippen LogP contribution in [0.25, 0.3) is 22.2 Å². The molecule has 4 nitrogen and oxygen atoms in total. The first-order chi connectivity index (χ1) is 13.1. The second-order valence-electron chi connectivity index (χ2n) is 6.17. The molecule has 0 aliphatic heterocycles. The molecule has 2 N–H and O–H groups in total. The van der Waals surface area contributed by atoms with Crippen LogP contribution in [-0.2, 0) is 0 Å². The van der Waals surface area contributed by atoms with E-state index in [0.29, 0.717) is 10.6 Å². The molecule has 0 spiro atoms. The van der Waals surface area contributed by atoms with Gasteiger partial charge in [0, 0.05) is 32.9 Å². The van der Waals surface area contributed by atoms with Gasteiger partial charge in [-0.1, -0.05) is 23.7 Å². The van der Waals surface area contributed by atoms with Crippen molar-refractivity contribution in [2.75, 3.05) is 12.4 Å². The summed E-state index contributed by atoms with van der Waals surface area (Å²) >= 11 is 6.05. The maximum atomic E-state index is 12.3. The van der Waals surface area contributed by atoms with Crippen molar-refractivity contribution in [3.05, 3.63) is 83.4 Å². The molecular formula is C22H17ClN2O2. The number of anilines is 1. The number of H-pyrrole nitrogens is 1. The molecule has 1 heterocycles. The predicted molar refractivity (Wildman–Crippen MR) is 110 cm³/mol. The number of methoxy groups -OCH3 is 1. The summed E-state index contributed by atoms with van der Waals surface area (Å²) in [6.45, 7) is 0. The second kappa shape index (κ2) is 7.17. The largest absolute Gasteiger partial charge is 0.497 e. The van der Waals surface area contributed by atoms with Crippen molar-refractivity contribution < 1.29 is 9.53 Å². The average molecular weight is 377 g/mol. The normalized spacial score (nSPS) is 10.7. The molecule has 0 bridgehead atoms. The Kier molecular flexibility index (Phi) is 4.57. The molecule has 0 saturated heterocycles. The summed E-state index contributed by atoms with van der Waals surface area (Å²) in [6, 6.07) is 22.5. The van der Waals surface area contributed by atoms with Crippen LogP contribution in [0.3, 0.4) is 0 Å². The number of carbonyl (C=O) groups excluding carboxylic acids is 1. The minimum atomic E-state index is -0.161. The van der Waals surface area contributed by atoms with Crippen molar-refractivity contribution in [3.63, 3.8) is 0 Å². The Labute approximate surface area is 161 Å². The zero-order valence-electron chi connectivity index (χ0n) is 14.6. The lowest BCUT2D eigenvalue weighted by molar-refractivity contribution is 0.102. The highest BCUT2D eigenvalue weighted by Gasteiger charge is 2.08. The van der Waals surface area contributed by atoms with Crippen molar-refractivity contribution in [2.24, 2.45) is 0 Å². The number of rotatable bonds is 4. The maximum absolute atomic E-state index is 12.3. The van der Waals surface area contributed by atoms with Crippen LogP contribution in [-0.4, -0.2) is 18.0 Å². The van der Waals surface area contributed by atoms with Crippen LogP contribution in [0.15, 0.2) is 72.8 Å². The first-order valence-corrected chi connectivity index (χ1v) is 8.84. The van der Waals surface area contributed by atoms with Crippen LogP contribution in [0, 0.1) is 0 Å². The van der Waals surface area contributed by atoms with Gasteiger partial charge in [0.05, 0.1) is 7.11 Å². The van der Waals surface area contributed by atoms with Gasteiger partial charge in [-0.05, 0) is 66.2 Å². The molecule has 0 unspecified atom stereocenters. The number of fused-ring (bicyclic) bond motifs is 1. The number of amides is 1. The predicted octanol–water partition coefficient (Wildman–Crippen LogP) is 5.75. The molecule has 27 heavy (non-hydrogen) atoms. The third-order valence-electron chi connectivity index (χ3n) is 4.39. The molecule has 1 amide bonds. The number of carbonyl (C=O) groups is 1. The summed E-state index contributed by atoms with van der Waals surface area (Å²) in [6.07, 6.45) is 0. The number of aromatic amines is 1. The van der Waals surface area contributed by atoms with Gasteiger partial charge in [-0.15, -0.1) is 0 Å². The fourth-order valence-corrected chi connectivity index (χ4v) is 3.12. The van der Waals surface area contributed by atoms with Crippen molar-refractivity contribution in [2.45, 2.75) is 0 Å². The van der Waals surface area contributed by atoms with Crippen LogP contribution in [0.2, 0.25) is 5.02 Å². The molecule has 1 aromatic heterocycles. The highest BCUT2D eigenvalue weighted by atomic mass is 35.5. The van der Waals surface area contributed by atoms with Crippen molar-refractivity contribution in [1.82, 2.24) is 4.98 Å². The minimum absolute atomic E-state index is 0.161.